The van der Waals surface area contributed by atoms with E-state index in [1.54, 1.807) is 0 Å². The second-order valence-electron chi connectivity index (χ2n) is 9.13. The van der Waals surface area contributed by atoms with Crippen molar-refractivity contribution >= 4 is 35.5 Å². The first-order valence-corrected chi connectivity index (χ1v) is 13.5. The van der Waals surface area contributed by atoms with Gasteiger partial charge in [0, 0.05) is 0 Å². The maximum absolute atomic E-state index is 13.1. The molecule has 10 nitrogen and oxygen atoms in total. The van der Waals surface area contributed by atoms with E-state index >= 15 is 0 Å². The number of hydrogen-bond donors (Lipinski definition) is 6. The van der Waals surface area contributed by atoms with Gasteiger partial charge in [0.05, 0.1) is 6.04 Å². The topological polar surface area (TPSA) is 177 Å². The van der Waals surface area contributed by atoms with E-state index in [9.17, 15) is 24.3 Å². The van der Waals surface area contributed by atoms with Gasteiger partial charge in [0.1, 0.15) is 18.1 Å². The fourth-order valence-electron chi connectivity index (χ4n) is 3.28. The minimum atomic E-state index is -1.14. The molecule has 11 heteroatoms. The first kappa shape index (κ1) is 32.1. The zero-order valence-electron chi connectivity index (χ0n) is 21.3. The van der Waals surface area contributed by atoms with Gasteiger partial charge in [0.15, 0.2) is 0 Å². The summed E-state index contributed by atoms with van der Waals surface area (Å²) in [6.07, 6.45) is 4.79. The molecule has 0 bridgehead atoms. The minimum Gasteiger partial charge on any atom is -0.480 e. The number of nitrogens with two attached hydrogens (primary N) is 2. The van der Waals surface area contributed by atoms with Crippen LogP contribution in [0.2, 0.25) is 0 Å². The summed E-state index contributed by atoms with van der Waals surface area (Å²) in [7, 11) is 0. The smallest absolute Gasteiger partial charge is 0.326 e. The van der Waals surface area contributed by atoms with E-state index in [0.717, 1.165) is 6.42 Å². The number of carbonyl (C=O) groups is 4. The molecule has 0 rings (SSSR count). The van der Waals surface area contributed by atoms with Gasteiger partial charge in [-0.1, -0.05) is 34.1 Å². The predicted molar refractivity (Wildman–Crippen MR) is 136 cm³/mol. The molecule has 5 unspecified atom stereocenters. The lowest BCUT2D eigenvalue weighted by atomic mass is 9.98. The average Bonchev–Trinajstić information content (AvgIpc) is 2.78. The fraction of sp³-hybridized carbons (Fsp3) is 0.826. The van der Waals surface area contributed by atoms with Crippen LogP contribution < -0.4 is 27.4 Å². The summed E-state index contributed by atoms with van der Waals surface area (Å²) in [6.45, 7) is 8.05. The van der Waals surface area contributed by atoms with Crippen LogP contribution in [0.4, 0.5) is 0 Å². The van der Waals surface area contributed by atoms with Crippen LogP contribution in [0.15, 0.2) is 0 Å². The maximum Gasteiger partial charge on any atom is 0.326 e. The Balaban J connectivity index is 5.44. The highest BCUT2D eigenvalue weighted by Crippen LogP contribution is 2.10. The molecule has 0 saturated heterocycles. The third kappa shape index (κ3) is 12.6. The summed E-state index contributed by atoms with van der Waals surface area (Å²) >= 11 is 1.53. The molecule has 0 aliphatic rings. The van der Waals surface area contributed by atoms with Crippen LogP contribution in [-0.2, 0) is 19.2 Å². The van der Waals surface area contributed by atoms with Crippen LogP contribution >= 0.6 is 11.8 Å². The van der Waals surface area contributed by atoms with Gasteiger partial charge in [0.2, 0.25) is 17.7 Å². The summed E-state index contributed by atoms with van der Waals surface area (Å²) in [5.41, 5.74) is 11.5. The number of hydrogen-bond acceptors (Lipinski definition) is 7. The normalized spacial score (nSPS) is 15.6. The van der Waals surface area contributed by atoms with Gasteiger partial charge < -0.3 is 32.5 Å². The Bertz CT molecular complexity index is 649. The fourth-order valence-corrected chi connectivity index (χ4v) is 3.75. The Labute approximate surface area is 208 Å². The van der Waals surface area contributed by atoms with Crippen molar-refractivity contribution in [3.8, 4) is 0 Å². The van der Waals surface area contributed by atoms with Crippen molar-refractivity contribution in [3.05, 3.63) is 0 Å². The molecule has 0 aromatic heterocycles. The number of thioether (sulfide) groups is 1. The van der Waals surface area contributed by atoms with Crippen LogP contribution in [0.5, 0.6) is 0 Å². The summed E-state index contributed by atoms with van der Waals surface area (Å²) in [5.74, 6) is -1.95. The third-order valence-corrected chi connectivity index (χ3v) is 6.35. The molecule has 0 spiro atoms. The van der Waals surface area contributed by atoms with E-state index in [1.165, 1.54) is 11.8 Å². The van der Waals surface area contributed by atoms with Crippen molar-refractivity contribution in [3.63, 3.8) is 0 Å². The van der Waals surface area contributed by atoms with Gasteiger partial charge in [-0.25, -0.2) is 4.79 Å². The molecular weight excluding hydrogens is 458 g/mol. The number of unbranched alkanes of at least 4 members (excludes halogenated alkanes) is 1. The van der Waals surface area contributed by atoms with Gasteiger partial charge in [-0.3, -0.25) is 14.4 Å². The monoisotopic (exact) mass is 503 g/mol. The molecule has 34 heavy (non-hydrogen) atoms. The van der Waals surface area contributed by atoms with Gasteiger partial charge in [0.25, 0.3) is 0 Å². The largest absolute Gasteiger partial charge is 0.480 e. The maximum atomic E-state index is 13.1. The van der Waals surface area contributed by atoms with Gasteiger partial charge in [-0.2, -0.15) is 11.8 Å². The summed E-state index contributed by atoms with van der Waals surface area (Å²) in [5, 5.41) is 17.5. The highest BCUT2D eigenvalue weighted by Gasteiger charge is 2.31. The molecule has 0 heterocycles. The molecule has 0 radical (unpaired) electrons. The van der Waals surface area contributed by atoms with E-state index in [0.29, 0.717) is 38.0 Å². The highest BCUT2D eigenvalue weighted by molar-refractivity contribution is 7.98. The van der Waals surface area contributed by atoms with Crippen molar-refractivity contribution in [2.45, 2.75) is 90.4 Å². The predicted octanol–water partition coefficient (Wildman–Crippen LogP) is 0.827. The first-order valence-electron chi connectivity index (χ1n) is 12.1. The minimum absolute atomic E-state index is 0.0454. The van der Waals surface area contributed by atoms with Gasteiger partial charge in [-0.05, 0) is 62.5 Å². The van der Waals surface area contributed by atoms with Crippen LogP contribution in [0.3, 0.4) is 0 Å². The molecule has 8 N–H and O–H groups in total. The molecule has 0 aliphatic carbocycles. The zero-order chi connectivity index (χ0) is 26.3. The van der Waals surface area contributed by atoms with E-state index in [1.807, 2.05) is 34.0 Å². The lowest BCUT2D eigenvalue weighted by Gasteiger charge is -2.26. The molecule has 198 valence electrons. The quantitative estimate of drug-likeness (QED) is 0.149. The van der Waals surface area contributed by atoms with E-state index < -0.39 is 47.9 Å². The molecule has 0 aromatic rings. The molecule has 0 saturated carbocycles. The van der Waals surface area contributed by atoms with Crippen molar-refractivity contribution in [2.75, 3.05) is 18.6 Å². The Kier molecular flexibility index (Phi) is 16.6. The van der Waals surface area contributed by atoms with Crippen LogP contribution in [0, 0.1) is 11.8 Å². The van der Waals surface area contributed by atoms with Crippen molar-refractivity contribution in [1.82, 2.24) is 16.0 Å². The van der Waals surface area contributed by atoms with E-state index in [2.05, 4.69) is 16.0 Å². The summed E-state index contributed by atoms with van der Waals surface area (Å²) < 4.78 is 0. The molecule has 0 fully saturated rings. The number of amides is 3. The Hall–Kier alpha value is -1.85. The first-order chi connectivity index (χ1) is 16.0. The lowest BCUT2D eigenvalue weighted by molar-refractivity contribution is -0.142. The number of carbonyl (C=O) groups excluding carboxylic acids is 3. The molecule has 0 aliphatic heterocycles. The summed E-state index contributed by atoms with van der Waals surface area (Å²) in [6, 6.07) is -3.58. The number of aliphatic carboxylic acids is 1. The van der Waals surface area contributed by atoms with Gasteiger partial charge >= 0.3 is 5.97 Å². The summed E-state index contributed by atoms with van der Waals surface area (Å²) in [4.78, 5) is 50.2. The zero-order valence-corrected chi connectivity index (χ0v) is 22.1. The van der Waals surface area contributed by atoms with E-state index in [-0.39, 0.29) is 18.3 Å². The molecule has 5 atom stereocenters. The van der Waals surface area contributed by atoms with E-state index in [4.69, 9.17) is 11.5 Å². The SMILES string of the molecule is CCC(C)C(N)C(=O)NC(CCSC)C(=O)NC(CC(C)C)C(=O)NC(CCCCN)C(=O)O. The number of carboxylic acid groups (broad SMARTS) is 1. The standard InChI is InChI=1S/C23H45N5O5S/c1-6-15(4)19(25)22(31)26-16(10-12-34-5)20(29)28-18(13-14(2)3)21(30)27-17(23(32)33)9-7-8-11-24/h14-19H,6-13,24-25H2,1-5H3,(H,26,31)(H,27,30)(H,28,29)(H,32,33). The number of rotatable bonds is 18. The lowest BCUT2D eigenvalue weighted by Crippen LogP contribution is -2.58. The Morgan fingerprint density at radius 2 is 1.44 bits per heavy atom. The highest BCUT2D eigenvalue weighted by atomic mass is 32.2. The number of carboxylic acids is 1. The van der Waals surface area contributed by atoms with Crippen molar-refractivity contribution in [2.24, 2.45) is 23.3 Å². The second-order valence-corrected chi connectivity index (χ2v) is 10.1. The number of nitrogens with one attached hydrogen (secondary N) is 3. The van der Waals surface area contributed by atoms with Crippen LogP contribution in [0.25, 0.3) is 0 Å². The van der Waals surface area contributed by atoms with Crippen molar-refractivity contribution in [1.29, 1.82) is 0 Å². The average molecular weight is 504 g/mol. The second kappa shape index (κ2) is 17.6. The molecular formula is C23H45N5O5S. The third-order valence-electron chi connectivity index (χ3n) is 5.70. The van der Waals surface area contributed by atoms with Gasteiger partial charge in [-0.15, -0.1) is 0 Å². The van der Waals surface area contributed by atoms with Crippen molar-refractivity contribution < 1.29 is 24.3 Å². The molecule has 0 aromatic carbocycles. The Morgan fingerprint density at radius 1 is 0.882 bits per heavy atom. The van der Waals surface area contributed by atoms with Crippen LogP contribution in [0.1, 0.15) is 66.2 Å². The van der Waals surface area contributed by atoms with Crippen LogP contribution in [-0.4, -0.2) is 71.5 Å². The Morgan fingerprint density at radius 3 is 1.94 bits per heavy atom. The molecule has 3 amide bonds.